The number of ether oxygens (including phenoxy) is 2. The van der Waals surface area contributed by atoms with E-state index in [0.717, 1.165) is 11.5 Å². The molecule has 1 heterocycles. The highest BCUT2D eigenvalue weighted by atomic mass is 32.1. The van der Waals surface area contributed by atoms with Crippen molar-refractivity contribution >= 4 is 35.7 Å². The van der Waals surface area contributed by atoms with E-state index in [0.29, 0.717) is 4.64 Å². The zero-order chi connectivity index (χ0) is 15.5. The molecule has 0 aliphatic heterocycles. The predicted octanol–water partition coefficient (Wildman–Crippen LogP) is 3.39. The third-order valence-electron chi connectivity index (χ3n) is 2.36. The van der Waals surface area contributed by atoms with Gasteiger partial charge in [-0.05, 0) is 46.2 Å². The summed E-state index contributed by atoms with van der Waals surface area (Å²) in [6, 6.07) is 0. The van der Waals surface area contributed by atoms with Gasteiger partial charge < -0.3 is 9.47 Å². The molecule has 1 rings (SSSR count). The molecule has 0 radical (unpaired) electrons. The van der Waals surface area contributed by atoms with Crippen molar-refractivity contribution in [1.29, 1.82) is 0 Å². The van der Waals surface area contributed by atoms with E-state index in [1.807, 2.05) is 20.8 Å². The Labute approximate surface area is 127 Å². The highest BCUT2D eigenvalue weighted by molar-refractivity contribution is 7.71. The molecule has 0 saturated heterocycles. The van der Waals surface area contributed by atoms with Crippen LogP contribution in [-0.2, 0) is 15.0 Å². The van der Waals surface area contributed by atoms with Gasteiger partial charge in [0.05, 0.1) is 13.2 Å². The van der Waals surface area contributed by atoms with E-state index in [-0.39, 0.29) is 29.2 Å². The Kier molecular flexibility index (Phi) is 5.47. The molecule has 0 bridgehead atoms. The largest absolute Gasteiger partial charge is 0.462 e. The first-order valence-corrected chi connectivity index (χ1v) is 7.53. The molecular weight excluding hydrogens is 298 g/mol. The molecule has 7 heteroatoms. The zero-order valence-corrected chi connectivity index (χ0v) is 13.9. The minimum Gasteiger partial charge on any atom is -0.462 e. The predicted molar refractivity (Wildman–Crippen MR) is 80.1 cm³/mol. The molecule has 0 fully saturated rings. The standard InChI is InChI=1S/C13H19NO4S2/c1-6-17-11(15)8-9(12(16)18-7-2)20-14(10(8)19)13(3,4)5/h6-7H2,1-5H3. The fraction of sp³-hybridized carbons (Fsp3) is 0.615. The first kappa shape index (κ1) is 16.8. The van der Waals surface area contributed by atoms with Crippen molar-refractivity contribution in [1.82, 2.24) is 3.96 Å². The molecule has 0 N–H and O–H groups in total. The second kappa shape index (κ2) is 6.49. The van der Waals surface area contributed by atoms with Crippen molar-refractivity contribution in [2.24, 2.45) is 0 Å². The normalized spacial score (nSPS) is 11.2. The second-order valence-corrected chi connectivity index (χ2v) is 6.35. The highest BCUT2D eigenvalue weighted by Crippen LogP contribution is 2.28. The number of rotatable bonds is 4. The van der Waals surface area contributed by atoms with Crippen LogP contribution >= 0.6 is 23.8 Å². The first-order valence-electron chi connectivity index (χ1n) is 6.35. The summed E-state index contributed by atoms with van der Waals surface area (Å²) in [5, 5.41) is 0. The van der Waals surface area contributed by atoms with Crippen LogP contribution in [0.4, 0.5) is 0 Å². The van der Waals surface area contributed by atoms with Crippen LogP contribution in [0.3, 0.4) is 0 Å². The summed E-state index contributed by atoms with van der Waals surface area (Å²) in [4.78, 5) is 24.2. The number of carbonyl (C=O) groups is 2. The number of carbonyl (C=O) groups excluding carboxylic acids is 2. The fourth-order valence-corrected chi connectivity index (χ4v) is 3.21. The van der Waals surface area contributed by atoms with Crippen LogP contribution in [0.5, 0.6) is 0 Å². The van der Waals surface area contributed by atoms with E-state index < -0.39 is 11.9 Å². The molecule has 0 aromatic carbocycles. The van der Waals surface area contributed by atoms with Crippen molar-refractivity contribution in [2.45, 2.75) is 40.2 Å². The van der Waals surface area contributed by atoms with Crippen LogP contribution in [0, 0.1) is 4.64 Å². The SMILES string of the molecule is CCOC(=O)c1sn(C(C)(C)C)c(=S)c1C(=O)OCC. The van der Waals surface area contributed by atoms with Crippen molar-refractivity contribution in [2.75, 3.05) is 13.2 Å². The zero-order valence-electron chi connectivity index (χ0n) is 12.3. The van der Waals surface area contributed by atoms with E-state index in [9.17, 15) is 9.59 Å². The number of aromatic nitrogens is 1. The van der Waals surface area contributed by atoms with Gasteiger partial charge in [-0.2, -0.15) is 0 Å². The molecular formula is C13H19NO4S2. The van der Waals surface area contributed by atoms with Gasteiger partial charge in [0, 0.05) is 5.54 Å². The quantitative estimate of drug-likeness (QED) is 0.629. The van der Waals surface area contributed by atoms with Gasteiger partial charge in [0.1, 0.15) is 15.1 Å². The Bertz CT molecular complexity index is 566. The summed E-state index contributed by atoms with van der Waals surface area (Å²) in [7, 11) is 0. The molecule has 1 aromatic rings. The third kappa shape index (κ3) is 3.46. The highest BCUT2D eigenvalue weighted by Gasteiger charge is 2.29. The van der Waals surface area contributed by atoms with Gasteiger partial charge in [-0.3, -0.25) is 3.96 Å². The Morgan fingerprint density at radius 1 is 1.15 bits per heavy atom. The lowest BCUT2D eigenvalue weighted by atomic mass is 10.1. The van der Waals surface area contributed by atoms with Gasteiger partial charge in [-0.1, -0.05) is 12.2 Å². The van der Waals surface area contributed by atoms with Crippen molar-refractivity contribution in [3.63, 3.8) is 0 Å². The van der Waals surface area contributed by atoms with Gasteiger partial charge in [-0.15, -0.1) is 0 Å². The van der Waals surface area contributed by atoms with Gasteiger partial charge in [0.25, 0.3) is 0 Å². The summed E-state index contributed by atoms with van der Waals surface area (Å²) < 4.78 is 12.0. The lowest BCUT2D eigenvalue weighted by Gasteiger charge is -2.19. The molecule has 0 spiro atoms. The van der Waals surface area contributed by atoms with E-state index in [1.165, 1.54) is 0 Å². The molecule has 0 aliphatic rings. The van der Waals surface area contributed by atoms with E-state index in [1.54, 1.807) is 17.8 Å². The third-order valence-corrected chi connectivity index (χ3v) is 4.33. The van der Waals surface area contributed by atoms with E-state index in [4.69, 9.17) is 21.7 Å². The van der Waals surface area contributed by atoms with Crippen LogP contribution in [0.2, 0.25) is 0 Å². The van der Waals surface area contributed by atoms with Crippen LogP contribution in [0.15, 0.2) is 0 Å². The van der Waals surface area contributed by atoms with Gasteiger partial charge in [0.15, 0.2) is 0 Å². The topological polar surface area (TPSA) is 57.5 Å². The van der Waals surface area contributed by atoms with E-state index in [2.05, 4.69) is 0 Å². The van der Waals surface area contributed by atoms with Crippen LogP contribution in [0.1, 0.15) is 54.6 Å². The van der Waals surface area contributed by atoms with Gasteiger partial charge in [0.2, 0.25) is 0 Å². The maximum atomic E-state index is 12.0. The molecule has 0 unspecified atom stereocenters. The molecule has 1 aromatic heterocycles. The van der Waals surface area contributed by atoms with E-state index >= 15 is 0 Å². The smallest absolute Gasteiger partial charge is 0.350 e. The number of hydrogen-bond donors (Lipinski definition) is 0. The first-order chi connectivity index (χ1) is 9.23. The van der Waals surface area contributed by atoms with Gasteiger partial charge >= 0.3 is 11.9 Å². The summed E-state index contributed by atoms with van der Waals surface area (Å²) in [6.07, 6.45) is 0. The number of hydrogen-bond acceptors (Lipinski definition) is 6. The molecule has 5 nitrogen and oxygen atoms in total. The number of esters is 2. The maximum absolute atomic E-state index is 12.0. The second-order valence-electron chi connectivity index (χ2n) is 5.01. The summed E-state index contributed by atoms with van der Waals surface area (Å²) in [6.45, 7) is 9.72. The Morgan fingerprint density at radius 3 is 2.10 bits per heavy atom. The molecule has 112 valence electrons. The maximum Gasteiger partial charge on any atom is 0.350 e. The molecule has 20 heavy (non-hydrogen) atoms. The van der Waals surface area contributed by atoms with Crippen molar-refractivity contribution in [3.8, 4) is 0 Å². The number of nitrogens with zero attached hydrogens (tertiary/aromatic N) is 1. The van der Waals surface area contributed by atoms with Crippen molar-refractivity contribution < 1.29 is 19.1 Å². The minimum absolute atomic E-state index is 0.125. The summed E-state index contributed by atoms with van der Waals surface area (Å²) >= 11 is 6.45. The lowest BCUT2D eigenvalue weighted by molar-refractivity contribution is 0.0483. The van der Waals surface area contributed by atoms with Crippen molar-refractivity contribution in [3.05, 3.63) is 15.1 Å². The van der Waals surface area contributed by atoms with Crippen LogP contribution in [0.25, 0.3) is 0 Å². The Hall–Kier alpha value is -1.21. The average Bonchev–Trinajstić information content (AvgIpc) is 2.67. The molecule has 0 aliphatic carbocycles. The van der Waals surface area contributed by atoms with Crippen LogP contribution in [-0.4, -0.2) is 29.1 Å². The molecule has 0 atom stereocenters. The Morgan fingerprint density at radius 2 is 1.65 bits per heavy atom. The fourth-order valence-electron chi connectivity index (χ4n) is 1.54. The Balaban J connectivity index is 3.45. The summed E-state index contributed by atoms with van der Waals surface area (Å²) in [5.41, 5.74) is -0.200. The summed E-state index contributed by atoms with van der Waals surface area (Å²) in [5.74, 6) is -1.13. The average molecular weight is 317 g/mol. The molecule has 0 amide bonds. The van der Waals surface area contributed by atoms with Gasteiger partial charge in [-0.25, -0.2) is 9.59 Å². The lowest BCUT2D eigenvalue weighted by Crippen LogP contribution is -2.20. The van der Waals surface area contributed by atoms with Crippen LogP contribution < -0.4 is 0 Å². The molecule has 0 saturated carbocycles. The minimum atomic E-state index is -0.584. The monoisotopic (exact) mass is 317 g/mol.